The molecule has 1 aromatic carbocycles. The number of fused-ring (bicyclic) bond motifs is 2. The quantitative estimate of drug-likeness (QED) is 0.724. The Kier molecular flexibility index (Phi) is 2.52. The predicted octanol–water partition coefficient (Wildman–Crippen LogP) is 2.31. The first-order valence-electron chi connectivity index (χ1n) is 6.46. The minimum Gasteiger partial charge on any atom is -0.478 e. The van der Waals surface area contributed by atoms with Crippen LogP contribution in [0.3, 0.4) is 0 Å². The average molecular weight is 260 g/mol. The topological polar surface area (TPSA) is 78.4 Å². The van der Waals surface area contributed by atoms with Gasteiger partial charge in [0.25, 0.3) is 0 Å². The smallest absolute Gasteiger partial charge is 0.335 e. The standard InChI is InChI=1S/C14H16N2O3/c1-14-6-2-3-11(14)15-9-5-4-8(12(17)18)7-10(9)16-13(14)19/h4-5,7,11,15H,2-3,6H2,1H3,(H,16,19)(H,17,18). The minimum absolute atomic E-state index is 0.0243. The maximum atomic E-state index is 12.4. The van der Waals surface area contributed by atoms with Crippen molar-refractivity contribution >= 4 is 23.3 Å². The molecule has 0 spiro atoms. The molecule has 1 aliphatic heterocycles. The number of carboxylic acid groups (broad SMARTS) is 1. The largest absolute Gasteiger partial charge is 0.478 e. The first-order chi connectivity index (χ1) is 9.00. The summed E-state index contributed by atoms with van der Waals surface area (Å²) < 4.78 is 0. The predicted molar refractivity (Wildman–Crippen MR) is 71.4 cm³/mol. The first-order valence-corrected chi connectivity index (χ1v) is 6.46. The van der Waals surface area contributed by atoms with E-state index in [2.05, 4.69) is 10.6 Å². The van der Waals surface area contributed by atoms with E-state index in [4.69, 9.17) is 5.11 Å². The summed E-state index contributed by atoms with van der Waals surface area (Å²) in [4.78, 5) is 23.3. The van der Waals surface area contributed by atoms with Crippen molar-refractivity contribution in [3.63, 3.8) is 0 Å². The zero-order chi connectivity index (χ0) is 13.6. The van der Waals surface area contributed by atoms with Gasteiger partial charge in [0.1, 0.15) is 0 Å². The van der Waals surface area contributed by atoms with Gasteiger partial charge in [-0.25, -0.2) is 4.79 Å². The molecule has 0 aromatic heterocycles. The molecule has 0 radical (unpaired) electrons. The molecule has 5 heteroatoms. The molecule has 19 heavy (non-hydrogen) atoms. The van der Waals surface area contributed by atoms with Gasteiger partial charge >= 0.3 is 5.97 Å². The lowest BCUT2D eigenvalue weighted by molar-refractivity contribution is -0.124. The average Bonchev–Trinajstić information content (AvgIpc) is 2.69. The zero-order valence-corrected chi connectivity index (χ0v) is 10.7. The van der Waals surface area contributed by atoms with Crippen molar-refractivity contribution in [1.29, 1.82) is 0 Å². The Morgan fingerprint density at radius 3 is 2.95 bits per heavy atom. The van der Waals surface area contributed by atoms with Crippen LogP contribution >= 0.6 is 0 Å². The monoisotopic (exact) mass is 260 g/mol. The SMILES string of the molecule is CC12CCCC1Nc1ccc(C(=O)O)cc1NC2=O. The molecule has 0 bridgehead atoms. The van der Waals surface area contributed by atoms with Crippen LogP contribution in [-0.4, -0.2) is 23.0 Å². The molecule has 1 fully saturated rings. The fourth-order valence-corrected chi connectivity index (χ4v) is 3.03. The number of carbonyl (C=O) groups is 2. The van der Waals surface area contributed by atoms with Gasteiger partial charge in [-0.1, -0.05) is 6.42 Å². The van der Waals surface area contributed by atoms with Crippen LogP contribution in [0.4, 0.5) is 11.4 Å². The molecule has 1 heterocycles. The normalized spacial score (nSPS) is 28.7. The summed E-state index contributed by atoms with van der Waals surface area (Å²) in [5, 5.41) is 15.2. The van der Waals surface area contributed by atoms with E-state index in [1.165, 1.54) is 6.07 Å². The first kappa shape index (κ1) is 12.0. The maximum absolute atomic E-state index is 12.4. The van der Waals surface area contributed by atoms with Crippen LogP contribution in [-0.2, 0) is 4.79 Å². The van der Waals surface area contributed by atoms with Crippen molar-refractivity contribution in [2.75, 3.05) is 10.6 Å². The summed E-state index contributed by atoms with van der Waals surface area (Å²) in [6.07, 6.45) is 2.85. The number of hydrogen-bond acceptors (Lipinski definition) is 3. The molecule has 2 atom stereocenters. The molecule has 1 aromatic rings. The van der Waals surface area contributed by atoms with Crippen LogP contribution in [0.25, 0.3) is 0 Å². The van der Waals surface area contributed by atoms with Crippen LogP contribution in [0, 0.1) is 5.41 Å². The van der Waals surface area contributed by atoms with Gasteiger partial charge in [0.05, 0.1) is 22.4 Å². The van der Waals surface area contributed by atoms with Crippen molar-refractivity contribution in [2.24, 2.45) is 5.41 Å². The van der Waals surface area contributed by atoms with Crippen molar-refractivity contribution < 1.29 is 14.7 Å². The van der Waals surface area contributed by atoms with Crippen LogP contribution < -0.4 is 10.6 Å². The summed E-state index contributed by atoms with van der Waals surface area (Å²) in [5.41, 5.74) is 1.12. The van der Waals surface area contributed by atoms with E-state index in [0.29, 0.717) is 5.69 Å². The lowest BCUT2D eigenvalue weighted by Gasteiger charge is -2.27. The van der Waals surface area contributed by atoms with Gasteiger partial charge in [0, 0.05) is 6.04 Å². The molecule has 2 aliphatic rings. The highest BCUT2D eigenvalue weighted by Gasteiger charge is 2.46. The summed E-state index contributed by atoms with van der Waals surface area (Å²) in [5.74, 6) is -1.02. The summed E-state index contributed by atoms with van der Waals surface area (Å²) in [6.45, 7) is 1.97. The van der Waals surface area contributed by atoms with E-state index in [0.717, 1.165) is 24.9 Å². The van der Waals surface area contributed by atoms with E-state index >= 15 is 0 Å². The molecule has 100 valence electrons. The molecule has 1 aliphatic carbocycles. The second kappa shape index (κ2) is 3.98. The van der Waals surface area contributed by atoms with Gasteiger partial charge < -0.3 is 15.7 Å². The van der Waals surface area contributed by atoms with E-state index in [1.807, 2.05) is 6.92 Å². The molecule has 3 rings (SSSR count). The van der Waals surface area contributed by atoms with E-state index < -0.39 is 11.4 Å². The van der Waals surface area contributed by atoms with E-state index in [1.54, 1.807) is 12.1 Å². The number of anilines is 2. The Hall–Kier alpha value is -2.04. The second-order valence-corrected chi connectivity index (χ2v) is 5.53. The number of carboxylic acids is 1. The maximum Gasteiger partial charge on any atom is 0.335 e. The molecule has 2 unspecified atom stereocenters. The number of nitrogens with one attached hydrogen (secondary N) is 2. The number of amides is 1. The number of rotatable bonds is 1. The Morgan fingerprint density at radius 2 is 2.21 bits per heavy atom. The number of carbonyl (C=O) groups excluding carboxylic acids is 1. The highest BCUT2D eigenvalue weighted by molar-refractivity contribution is 6.02. The highest BCUT2D eigenvalue weighted by Crippen LogP contribution is 2.44. The Labute approximate surface area is 111 Å². The van der Waals surface area contributed by atoms with Crippen molar-refractivity contribution in [3.8, 4) is 0 Å². The molecule has 5 nitrogen and oxygen atoms in total. The summed E-state index contributed by atoms with van der Waals surface area (Å²) in [6, 6.07) is 4.90. The summed E-state index contributed by atoms with van der Waals surface area (Å²) >= 11 is 0. The van der Waals surface area contributed by atoms with Gasteiger partial charge in [0.15, 0.2) is 0 Å². The fraction of sp³-hybridized carbons (Fsp3) is 0.429. The third-order valence-electron chi connectivity index (χ3n) is 4.32. The molecule has 0 saturated heterocycles. The molecule has 1 amide bonds. The van der Waals surface area contributed by atoms with Crippen molar-refractivity contribution in [3.05, 3.63) is 23.8 Å². The molecular weight excluding hydrogens is 244 g/mol. The zero-order valence-electron chi connectivity index (χ0n) is 10.7. The third kappa shape index (κ3) is 1.77. The van der Waals surface area contributed by atoms with Gasteiger partial charge in [0.2, 0.25) is 5.91 Å². The fourth-order valence-electron chi connectivity index (χ4n) is 3.03. The van der Waals surface area contributed by atoms with Crippen molar-refractivity contribution in [1.82, 2.24) is 0 Å². The lowest BCUT2D eigenvalue weighted by Crippen LogP contribution is -2.41. The van der Waals surface area contributed by atoms with Crippen LogP contribution in [0.2, 0.25) is 0 Å². The molecular formula is C14H16N2O3. The molecule has 1 saturated carbocycles. The second-order valence-electron chi connectivity index (χ2n) is 5.53. The Morgan fingerprint density at radius 1 is 1.42 bits per heavy atom. The molecule has 3 N–H and O–H groups in total. The van der Waals surface area contributed by atoms with Gasteiger partial charge in [-0.05, 0) is 38.0 Å². The van der Waals surface area contributed by atoms with Gasteiger partial charge in [-0.3, -0.25) is 4.79 Å². The Bertz CT molecular complexity index is 570. The number of benzene rings is 1. The number of hydrogen-bond donors (Lipinski definition) is 3. The van der Waals surface area contributed by atoms with Gasteiger partial charge in [-0.2, -0.15) is 0 Å². The lowest BCUT2D eigenvalue weighted by atomic mass is 9.84. The number of aromatic carboxylic acids is 1. The van der Waals surface area contributed by atoms with Gasteiger partial charge in [-0.15, -0.1) is 0 Å². The van der Waals surface area contributed by atoms with E-state index in [9.17, 15) is 9.59 Å². The van der Waals surface area contributed by atoms with Crippen molar-refractivity contribution in [2.45, 2.75) is 32.2 Å². The summed E-state index contributed by atoms with van der Waals surface area (Å²) in [7, 11) is 0. The Balaban J connectivity index is 2.04. The van der Waals surface area contributed by atoms with Crippen LogP contribution in [0.5, 0.6) is 0 Å². The highest BCUT2D eigenvalue weighted by atomic mass is 16.4. The van der Waals surface area contributed by atoms with Crippen LogP contribution in [0.15, 0.2) is 18.2 Å². The van der Waals surface area contributed by atoms with Crippen LogP contribution in [0.1, 0.15) is 36.5 Å². The third-order valence-corrected chi connectivity index (χ3v) is 4.32. The van der Waals surface area contributed by atoms with E-state index in [-0.39, 0.29) is 17.5 Å². The minimum atomic E-state index is -0.993.